The Kier molecular flexibility index (Phi) is 7.98. The van der Waals surface area contributed by atoms with E-state index >= 15 is 0 Å². The Morgan fingerprint density at radius 3 is 2.00 bits per heavy atom. The van der Waals surface area contributed by atoms with E-state index in [1.807, 2.05) is 0 Å². The zero-order valence-electron chi connectivity index (χ0n) is 5.98. The number of hydrogen-bond acceptors (Lipinski definition) is 3. The normalized spacial score (nSPS) is 10.8. The number of nitrogens with two attached hydrogens (primary N) is 1. The van der Waals surface area contributed by atoms with Crippen LogP contribution < -0.4 is 11.1 Å². The van der Waals surface area contributed by atoms with E-state index in [-0.39, 0.29) is 37.7 Å². The molecule has 0 aromatic rings. The van der Waals surface area contributed by atoms with Crippen molar-refractivity contribution in [1.29, 1.82) is 0 Å². The van der Waals surface area contributed by atoms with E-state index in [4.69, 9.17) is 10.2 Å². The molecule has 0 bridgehead atoms. The van der Waals surface area contributed by atoms with Crippen molar-refractivity contribution >= 4 is 55.7 Å². The van der Waals surface area contributed by atoms with Crippen LogP contribution in [0.3, 0.4) is 0 Å². The minimum atomic E-state index is -1.47. The van der Waals surface area contributed by atoms with Crippen molar-refractivity contribution in [3.63, 3.8) is 0 Å². The summed E-state index contributed by atoms with van der Waals surface area (Å²) in [6.45, 7) is 0. The maximum atomic E-state index is 10.2. The van der Waals surface area contributed by atoms with Crippen LogP contribution in [-0.2, 0) is 9.59 Å². The Labute approximate surface area is 103 Å². The molecule has 0 aliphatic heterocycles. The van der Waals surface area contributed by atoms with Gasteiger partial charge in [0.25, 0.3) is 0 Å². The van der Waals surface area contributed by atoms with Gasteiger partial charge in [0.15, 0.2) is 0 Å². The van der Waals surface area contributed by atoms with E-state index in [2.05, 4.69) is 5.73 Å². The van der Waals surface area contributed by atoms with E-state index in [0.717, 1.165) is 0 Å². The second-order valence-electron chi connectivity index (χ2n) is 2.00. The molecule has 0 aromatic carbocycles. The molecule has 1 atom stereocenters. The van der Waals surface area contributed by atoms with Crippen LogP contribution in [0.25, 0.3) is 0 Å². The topological polar surface area (TPSA) is 130 Å². The van der Waals surface area contributed by atoms with E-state index in [9.17, 15) is 14.4 Å². The van der Waals surface area contributed by atoms with Crippen molar-refractivity contribution in [3.8, 4) is 0 Å². The zero-order valence-corrected chi connectivity index (χ0v) is 5.98. The Balaban J connectivity index is 0. The van der Waals surface area contributed by atoms with Gasteiger partial charge >= 0.3 is 55.7 Å². The number of aliphatic carboxylic acids is 2. The summed E-state index contributed by atoms with van der Waals surface area (Å²) in [5, 5.41) is 18.3. The third kappa shape index (κ3) is 7.82. The standard InChI is InChI=1S/C5H8N2O5.Ca.2H/c6-5(12)7-2(4(10)11)1-3(8)9;;;/h2H,1H2,(H,8,9)(H,10,11)(H3,6,7,12);;;. The Morgan fingerprint density at radius 2 is 1.77 bits per heavy atom. The second kappa shape index (κ2) is 6.93. The first-order valence-corrected chi connectivity index (χ1v) is 2.94. The molecule has 7 nitrogen and oxygen atoms in total. The van der Waals surface area contributed by atoms with E-state index < -0.39 is 30.4 Å². The van der Waals surface area contributed by atoms with Gasteiger partial charge in [-0.1, -0.05) is 0 Å². The SMILES string of the molecule is NC(=O)NC(CC(=O)O)C(=O)O.[CaH2]. The number of rotatable bonds is 4. The molecular formula is C5H10CaN2O5. The number of primary amides is 1. The molecule has 1 unspecified atom stereocenters. The van der Waals surface area contributed by atoms with Crippen LogP contribution in [0.4, 0.5) is 4.79 Å². The minimum absolute atomic E-state index is 0. The van der Waals surface area contributed by atoms with E-state index in [1.54, 1.807) is 5.32 Å². The van der Waals surface area contributed by atoms with Crippen molar-refractivity contribution in [2.75, 3.05) is 0 Å². The number of nitrogens with one attached hydrogen (secondary N) is 1. The first-order chi connectivity index (χ1) is 5.43. The first kappa shape index (κ1) is 15.0. The molecule has 2 amide bonds. The van der Waals surface area contributed by atoms with Gasteiger partial charge in [-0.2, -0.15) is 0 Å². The molecule has 0 saturated heterocycles. The molecule has 0 heterocycles. The van der Waals surface area contributed by atoms with E-state index in [1.165, 1.54) is 0 Å². The average molecular weight is 218 g/mol. The molecule has 5 N–H and O–H groups in total. The Bertz CT molecular complexity index is 203. The Morgan fingerprint density at radius 1 is 1.31 bits per heavy atom. The summed E-state index contributed by atoms with van der Waals surface area (Å²) in [5.41, 5.74) is 4.60. The van der Waals surface area contributed by atoms with Crippen LogP contribution in [0.15, 0.2) is 0 Å². The van der Waals surface area contributed by atoms with E-state index in [0.29, 0.717) is 0 Å². The molecule has 0 spiro atoms. The molecule has 0 fully saturated rings. The number of carboxylic acids is 2. The summed E-state index contributed by atoms with van der Waals surface area (Å²) < 4.78 is 0. The fourth-order valence-electron chi connectivity index (χ4n) is 0.546. The van der Waals surface area contributed by atoms with Gasteiger partial charge in [0, 0.05) is 0 Å². The number of carbonyl (C=O) groups is 3. The molecule has 0 aliphatic carbocycles. The third-order valence-electron chi connectivity index (χ3n) is 0.993. The van der Waals surface area contributed by atoms with Crippen LogP contribution in [0.1, 0.15) is 6.42 Å². The summed E-state index contributed by atoms with van der Waals surface area (Å²) in [7, 11) is 0. The number of urea groups is 1. The number of amides is 2. The van der Waals surface area contributed by atoms with Gasteiger partial charge in [-0.3, -0.25) is 4.79 Å². The van der Waals surface area contributed by atoms with Crippen LogP contribution >= 0.6 is 0 Å². The number of carbonyl (C=O) groups excluding carboxylic acids is 1. The predicted octanol–water partition coefficient (Wildman–Crippen LogP) is -2.33. The number of hydrogen-bond donors (Lipinski definition) is 4. The summed E-state index contributed by atoms with van der Waals surface area (Å²) in [6, 6.07) is -2.54. The second-order valence-corrected chi connectivity index (χ2v) is 2.00. The molecule has 72 valence electrons. The third-order valence-corrected chi connectivity index (χ3v) is 0.993. The van der Waals surface area contributed by atoms with Crippen LogP contribution in [0, 0.1) is 0 Å². The van der Waals surface area contributed by atoms with Crippen LogP contribution in [0.2, 0.25) is 0 Å². The van der Waals surface area contributed by atoms with Gasteiger partial charge in [0.2, 0.25) is 0 Å². The molecule has 0 rings (SSSR count). The average Bonchev–Trinajstić information content (AvgIpc) is 1.83. The van der Waals surface area contributed by atoms with Crippen molar-refractivity contribution in [1.82, 2.24) is 5.32 Å². The first-order valence-electron chi connectivity index (χ1n) is 2.94. The van der Waals surface area contributed by atoms with Crippen molar-refractivity contribution < 1.29 is 24.6 Å². The number of carboxylic acid groups (broad SMARTS) is 2. The molecule has 8 heteroatoms. The quantitative estimate of drug-likeness (QED) is 0.393. The zero-order chi connectivity index (χ0) is 9.72. The van der Waals surface area contributed by atoms with Crippen LogP contribution in [-0.4, -0.2) is 72.0 Å². The predicted molar refractivity (Wildman–Crippen MR) is 44.9 cm³/mol. The fraction of sp³-hybridized carbons (Fsp3) is 0.400. The summed E-state index contributed by atoms with van der Waals surface area (Å²) in [6.07, 6.45) is -0.696. The van der Waals surface area contributed by atoms with Crippen molar-refractivity contribution in [2.24, 2.45) is 5.73 Å². The molecular weight excluding hydrogens is 208 g/mol. The maximum absolute atomic E-state index is 10.2. The molecule has 0 aromatic heterocycles. The Hall–Kier alpha value is -0.530. The van der Waals surface area contributed by atoms with Gasteiger partial charge in [-0.25, -0.2) is 9.59 Å². The monoisotopic (exact) mass is 218 g/mol. The summed E-state index contributed by atoms with van der Waals surface area (Å²) in [5.74, 6) is -2.76. The van der Waals surface area contributed by atoms with Gasteiger partial charge in [-0.15, -0.1) is 0 Å². The summed E-state index contributed by atoms with van der Waals surface area (Å²) in [4.78, 5) is 30.4. The molecule has 0 radical (unpaired) electrons. The van der Waals surface area contributed by atoms with Gasteiger partial charge in [0.1, 0.15) is 6.04 Å². The van der Waals surface area contributed by atoms with Crippen LogP contribution in [0.5, 0.6) is 0 Å². The van der Waals surface area contributed by atoms with Gasteiger partial charge < -0.3 is 21.3 Å². The molecule has 0 saturated carbocycles. The van der Waals surface area contributed by atoms with Crippen molar-refractivity contribution in [2.45, 2.75) is 12.5 Å². The van der Waals surface area contributed by atoms with Gasteiger partial charge in [-0.05, 0) is 0 Å². The molecule has 0 aliphatic rings. The molecule has 13 heavy (non-hydrogen) atoms. The summed E-state index contributed by atoms with van der Waals surface area (Å²) >= 11 is 0. The fourth-order valence-corrected chi connectivity index (χ4v) is 0.546. The van der Waals surface area contributed by atoms with Gasteiger partial charge in [0.05, 0.1) is 6.42 Å². The van der Waals surface area contributed by atoms with Crippen molar-refractivity contribution in [3.05, 3.63) is 0 Å².